The molecule has 2 unspecified atom stereocenters. The van der Waals surface area contributed by atoms with Crippen molar-refractivity contribution in [2.24, 2.45) is 0 Å². The highest BCUT2D eigenvalue weighted by Gasteiger charge is 2.19. The van der Waals surface area contributed by atoms with E-state index in [0.717, 1.165) is 11.1 Å². The first-order valence-electron chi connectivity index (χ1n) is 17.6. The van der Waals surface area contributed by atoms with Crippen LogP contribution < -0.4 is 45.5 Å². The van der Waals surface area contributed by atoms with E-state index in [2.05, 4.69) is 33.2 Å². The summed E-state index contributed by atoms with van der Waals surface area (Å²) in [5.41, 5.74) is 3.21. The number of amides is 1. The Balaban J connectivity index is 1.47. The molecule has 55 heavy (non-hydrogen) atoms. The predicted octanol–water partition coefficient (Wildman–Crippen LogP) is 6.08. The zero-order valence-corrected chi connectivity index (χ0v) is 31.5. The number of benzene rings is 3. The van der Waals surface area contributed by atoms with Gasteiger partial charge in [-0.05, 0) is 61.4 Å². The van der Waals surface area contributed by atoms with Crippen molar-refractivity contribution in [3.05, 3.63) is 90.5 Å². The summed E-state index contributed by atoms with van der Waals surface area (Å²) < 4.78 is 27.8. The normalized spacial score (nSPS) is 11.8. The molecule has 5 aromatic rings. The third-order valence-corrected chi connectivity index (χ3v) is 7.93. The van der Waals surface area contributed by atoms with Crippen molar-refractivity contribution >= 4 is 46.3 Å². The van der Waals surface area contributed by atoms with Crippen LogP contribution in [0, 0.1) is 0 Å². The fourth-order valence-electron chi connectivity index (χ4n) is 5.24. The summed E-state index contributed by atoms with van der Waals surface area (Å²) in [7, 11) is 4.74. The summed E-state index contributed by atoms with van der Waals surface area (Å²) in [6.07, 6.45) is -0.141. The number of aromatic nitrogens is 4. The SMILES string of the molecule is C=CCOc1ccc(CNc2nc(NCC(C)O)nc3c(NCc4ccc(OC)c(OC)c4)nc(NCC(C)OC(=O)Nc4ccccc4)nc23)cc1OC. The molecule has 2 atom stereocenters. The molecular formula is C39H47N9O7. The molecule has 5 rings (SSSR count). The molecule has 0 saturated carbocycles. The Labute approximate surface area is 319 Å². The Morgan fingerprint density at radius 2 is 1.27 bits per heavy atom. The average molecular weight is 754 g/mol. The lowest BCUT2D eigenvalue weighted by molar-refractivity contribution is 0.126. The third kappa shape index (κ3) is 11.2. The summed E-state index contributed by atoms with van der Waals surface area (Å²) >= 11 is 0. The molecule has 2 heterocycles. The summed E-state index contributed by atoms with van der Waals surface area (Å²) in [4.78, 5) is 31.7. The number of methoxy groups -OCH3 is 3. The molecule has 0 aliphatic carbocycles. The minimum atomic E-state index is -0.658. The molecular weight excluding hydrogens is 706 g/mol. The number of para-hydroxylation sites is 1. The van der Waals surface area contributed by atoms with E-state index in [1.54, 1.807) is 53.4 Å². The highest BCUT2D eigenvalue weighted by molar-refractivity contribution is 5.94. The van der Waals surface area contributed by atoms with E-state index < -0.39 is 18.3 Å². The van der Waals surface area contributed by atoms with Gasteiger partial charge in [0.05, 0.1) is 34.0 Å². The van der Waals surface area contributed by atoms with Crippen molar-refractivity contribution in [3.8, 4) is 23.0 Å². The third-order valence-electron chi connectivity index (χ3n) is 7.93. The van der Waals surface area contributed by atoms with E-state index in [1.807, 2.05) is 54.6 Å². The van der Waals surface area contributed by atoms with Gasteiger partial charge in [-0.25, -0.2) is 14.8 Å². The molecule has 0 aliphatic rings. The predicted molar refractivity (Wildman–Crippen MR) is 213 cm³/mol. The first-order valence-corrected chi connectivity index (χ1v) is 17.6. The van der Waals surface area contributed by atoms with E-state index in [4.69, 9.17) is 43.6 Å². The van der Waals surface area contributed by atoms with Crippen LogP contribution in [0.15, 0.2) is 79.4 Å². The van der Waals surface area contributed by atoms with Crippen molar-refractivity contribution in [1.82, 2.24) is 19.9 Å². The molecule has 290 valence electrons. The van der Waals surface area contributed by atoms with Crippen LogP contribution >= 0.6 is 0 Å². The Bertz CT molecular complexity index is 2050. The molecule has 0 radical (unpaired) electrons. The highest BCUT2D eigenvalue weighted by atomic mass is 16.6. The van der Waals surface area contributed by atoms with Crippen LogP contribution in [0.4, 0.5) is 34.0 Å². The molecule has 16 nitrogen and oxygen atoms in total. The smallest absolute Gasteiger partial charge is 0.411 e. The molecule has 0 aliphatic heterocycles. The number of anilines is 5. The molecule has 0 fully saturated rings. The monoisotopic (exact) mass is 753 g/mol. The number of ether oxygens (including phenoxy) is 5. The van der Waals surface area contributed by atoms with Crippen LogP contribution in [0.25, 0.3) is 11.0 Å². The number of rotatable bonds is 20. The zero-order valence-electron chi connectivity index (χ0n) is 31.5. The quantitative estimate of drug-likeness (QED) is 0.0501. The summed E-state index contributed by atoms with van der Waals surface area (Å²) in [6.45, 7) is 8.55. The van der Waals surface area contributed by atoms with E-state index in [1.165, 1.54) is 0 Å². The second-order valence-corrected chi connectivity index (χ2v) is 12.3. The molecule has 0 bridgehead atoms. The Morgan fingerprint density at radius 1 is 0.727 bits per heavy atom. The number of fused-ring (bicyclic) bond motifs is 1. The molecule has 16 heteroatoms. The van der Waals surface area contributed by atoms with Gasteiger partial charge in [0.15, 0.2) is 34.6 Å². The van der Waals surface area contributed by atoms with Gasteiger partial charge in [0, 0.05) is 25.3 Å². The number of nitrogens with zero attached hydrogens (tertiary/aromatic N) is 4. The Morgan fingerprint density at radius 3 is 1.82 bits per heavy atom. The average Bonchev–Trinajstić information content (AvgIpc) is 3.19. The topological polar surface area (TPSA) is 195 Å². The van der Waals surface area contributed by atoms with Crippen LogP contribution in [-0.4, -0.2) is 84.4 Å². The number of hydrogen-bond donors (Lipinski definition) is 6. The fourth-order valence-corrected chi connectivity index (χ4v) is 5.24. The van der Waals surface area contributed by atoms with Gasteiger partial charge >= 0.3 is 6.09 Å². The lowest BCUT2D eigenvalue weighted by atomic mass is 10.2. The first-order chi connectivity index (χ1) is 26.7. The van der Waals surface area contributed by atoms with Gasteiger partial charge in [0.2, 0.25) is 11.9 Å². The van der Waals surface area contributed by atoms with Crippen molar-refractivity contribution in [3.63, 3.8) is 0 Å². The second kappa shape index (κ2) is 19.5. The summed E-state index contributed by atoms with van der Waals surface area (Å²) in [5.74, 6) is 3.63. The number of nitrogens with one attached hydrogen (secondary N) is 5. The number of aliphatic hydroxyl groups is 1. The Hall–Kier alpha value is -6.55. The van der Waals surface area contributed by atoms with Crippen LogP contribution in [-0.2, 0) is 17.8 Å². The molecule has 2 aromatic heterocycles. The zero-order chi connectivity index (χ0) is 39.2. The number of hydrogen-bond acceptors (Lipinski definition) is 15. The fraction of sp³-hybridized carbons (Fsp3) is 0.308. The Kier molecular flexibility index (Phi) is 14.1. The summed E-state index contributed by atoms with van der Waals surface area (Å²) in [6, 6.07) is 20.3. The maximum atomic E-state index is 12.6. The van der Waals surface area contributed by atoms with Gasteiger partial charge in [0.1, 0.15) is 23.7 Å². The summed E-state index contributed by atoms with van der Waals surface area (Å²) in [5, 5.41) is 25.8. The molecule has 6 N–H and O–H groups in total. The number of carbonyl (C=O) groups excluding carboxylic acids is 1. The minimum absolute atomic E-state index is 0.195. The van der Waals surface area contributed by atoms with E-state index in [9.17, 15) is 9.90 Å². The van der Waals surface area contributed by atoms with Crippen LogP contribution in [0.1, 0.15) is 25.0 Å². The highest BCUT2D eigenvalue weighted by Crippen LogP contribution is 2.32. The van der Waals surface area contributed by atoms with Gasteiger partial charge in [-0.2, -0.15) is 9.97 Å². The minimum Gasteiger partial charge on any atom is -0.493 e. The van der Waals surface area contributed by atoms with Crippen LogP contribution in [0.2, 0.25) is 0 Å². The number of aliphatic hydroxyl groups excluding tert-OH is 1. The van der Waals surface area contributed by atoms with E-state index in [0.29, 0.717) is 71.1 Å². The number of carbonyl (C=O) groups is 1. The van der Waals surface area contributed by atoms with Crippen LogP contribution in [0.5, 0.6) is 23.0 Å². The standard InChI is InChI=1S/C39H47N9O7/c1-7-17-54-30-16-14-27(19-32(30)53-6)23-41-35-34-33(45-37(47-35)42-20-24(2)49)36(40-22-26-13-15-29(51-4)31(18-26)52-5)48-38(46-34)43-21-25(3)55-39(50)44-28-11-9-8-10-12-28/h7-16,18-19,24-25,49H,1,17,20-23H2,2-6H3,(H,44,50)(H2,40,43,46,48)(H2,41,42,45,47). The first kappa shape index (κ1) is 39.7. The lowest BCUT2D eigenvalue weighted by Gasteiger charge is -2.18. The van der Waals surface area contributed by atoms with Gasteiger partial charge in [-0.3, -0.25) is 5.32 Å². The molecule has 1 amide bonds. The van der Waals surface area contributed by atoms with Gasteiger partial charge in [-0.1, -0.05) is 43.0 Å². The van der Waals surface area contributed by atoms with Gasteiger partial charge < -0.3 is 50.1 Å². The van der Waals surface area contributed by atoms with E-state index >= 15 is 0 Å². The van der Waals surface area contributed by atoms with Crippen molar-refractivity contribution < 1.29 is 33.6 Å². The van der Waals surface area contributed by atoms with Crippen molar-refractivity contribution in [2.45, 2.75) is 39.1 Å². The maximum absolute atomic E-state index is 12.6. The van der Waals surface area contributed by atoms with E-state index in [-0.39, 0.29) is 25.0 Å². The van der Waals surface area contributed by atoms with Gasteiger partial charge in [0.25, 0.3) is 0 Å². The largest absolute Gasteiger partial charge is 0.493 e. The van der Waals surface area contributed by atoms with Gasteiger partial charge in [-0.15, -0.1) is 0 Å². The van der Waals surface area contributed by atoms with Crippen LogP contribution in [0.3, 0.4) is 0 Å². The molecule has 0 spiro atoms. The second-order valence-electron chi connectivity index (χ2n) is 12.3. The van der Waals surface area contributed by atoms with Crippen molar-refractivity contribution in [2.75, 3.05) is 67.6 Å². The molecule has 0 saturated heterocycles. The maximum Gasteiger partial charge on any atom is 0.411 e. The molecule has 3 aromatic carbocycles. The van der Waals surface area contributed by atoms with Crippen molar-refractivity contribution in [1.29, 1.82) is 0 Å². The lowest BCUT2D eigenvalue weighted by Crippen LogP contribution is -2.26.